The molecule has 0 fully saturated rings. The first kappa shape index (κ1) is 16.4. The lowest BCUT2D eigenvalue weighted by Crippen LogP contribution is -2.33. The minimum absolute atomic E-state index is 0.664. The van der Waals surface area contributed by atoms with Crippen LogP contribution in [0.5, 0.6) is 0 Å². The van der Waals surface area contributed by atoms with Crippen LogP contribution in [0.2, 0.25) is 0 Å². The van der Waals surface area contributed by atoms with Crippen molar-refractivity contribution in [2.45, 2.75) is 59.8 Å². The molecule has 0 rings (SSSR count). The van der Waals surface area contributed by atoms with Crippen LogP contribution in [0, 0.1) is 23.2 Å². The van der Waals surface area contributed by atoms with E-state index in [9.17, 15) is 0 Å². The van der Waals surface area contributed by atoms with Gasteiger partial charge in [-0.1, -0.05) is 47.0 Å². The van der Waals surface area contributed by atoms with Gasteiger partial charge in [0.1, 0.15) is 0 Å². The molecule has 1 unspecified atom stereocenters. The molecule has 0 radical (unpaired) electrons. The summed E-state index contributed by atoms with van der Waals surface area (Å²) in [6.45, 7) is 12.3. The lowest BCUT2D eigenvalue weighted by atomic mass is 9.98. The van der Waals surface area contributed by atoms with E-state index in [-0.39, 0.29) is 0 Å². The third-order valence-electron chi connectivity index (χ3n) is 3.22. The Kier molecular flexibility index (Phi) is 10.3. The maximum Gasteiger partial charge on any atom is 0.0635 e. The van der Waals surface area contributed by atoms with Crippen molar-refractivity contribution in [1.29, 1.82) is 5.26 Å². The highest BCUT2D eigenvalue weighted by atomic mass is 15.1. The highest BCUT2D eigenvalue weighted by Gasteiger charge is 2.13. The number of hydrogen-bond acceptors (Lipinski definition) is 2. The second-order valence-electron chi connectivity index (χ2n) is 5.48. The molecule has 17 heavy (non-hydrogen) atoms. The van der Waals surface area contributed by atoms with E-state index in [0.29, 0.717) is 12.3 Å². The highest BCUT2D eigenvalue weighted by Crippen LogP contribution is 2.15. The number of rotatable bonds is 10. The van der Waals surface area contributed by atoms with E-state index < -0.39 is 0 Å². The Morgan fingerprint density at radius 1 is 1.18 bits per heavy atom. The summed E-state index contributed by atoms with van der Waals surface area (Å²) < 4.78 is 0. The first-order valence-corrected chi connectivity index (χ1v) is 7.23. The van der Waals surface area contributed by atoms with E-state index in [1.165, 1.54) is 32.2 Å². The summed E-state index contributed by atoms with van der Waals surface area (Å²) >= 11 is 0. The van der Waals surface area contributed by atoms with E-state index in [4.69, 9.17) is 5.26 Å². The zero-order valence-corrected chi connectivity index (χ0v) is 12.2. The van der Waals surface area contributed by atoms with Gasteiger partial charge in [0.2, 0.25) is 0 Å². The molecule has 0 aliphatic carbocycles. The van der Waals surface area contributed by atoms with Crippen molar-refractivity contribution in [3.8, 4) is 6.07 Å². The predicted octanol–water partition coefficient (Wildman–Crippen LogP) is 4.07. The van der Waals surface area contributed by atoms with Crippen LogP contribution in [0.4, 0.5) is 0 Å². The minimum atomic E-state index is 0.664. The maximum absolute atomic E-state index is 8.71. The molecule has 0 bridgehead atoms. The van der Waals surface area contributed by atoms with Crippen LogP contribution >= 0.6 is 0 Å². The molecule has 1 atom stereocenters. The number of unbranched alkanes of at least 4 members (excludes halogenated alkanes) is 1. The molecule has 0 aromatic carbocycles. The van der Waals surface area contributed by atoms with Gasteiger partial charge in [0.15, 0.2) is 0 Å². The Hall–Kier alpha value is -0.550. The van der Waals surface area contributed by atoms with Gasteiger partial charge in [-0.15, -0.1) is 0 Å². The second-order valence-corrected chi connectivity index (χ2v) is 5.48. The SMILES string of the molecule is CCCCC(CC)CN(CCC#N)CC(C)C. The van der Waals surface area contributed by atoms with Crippen LogP contribution in [0.25, 0.3) is 0 Å². The molecule has 0 aromatic heterocycles. The van der Waals surface area contributed by atoms with Crippen LogP contribution in [0.1, 0.15) is 59.8 Å². The molecule has 0 aliphatic heterocycles. The molecule has 2 heteroatoms. The van der Waals surface area contributed by atoms with Crippen LogP contribution in [-0.2, 0) is 0 Å². The molecular formula is C15H30N2. The summed E-state index contributed by atoms with van der Waals surface area (Å²) in [4.78, 5) is 2.48. The Morgan fingerprint density at radius 3 is 2.35 bits per heavy atom. The molecule has 0 N–H and O–H groups in total. The molecular weight excluding hydrogens is 208 g/mol. The van der Waals surface area contributed by atoms with Gasteiger partial charge in [0, 0.05) is 26.1 Å². The lowest BCUT2D eigenvalue weighted by Gasteiger charge is -2.27. The van der Waals surface area contributed by atoms with Crippen LogP contribution in [0.15, 0.2) is 0 Å². The van der Waals surface area contributed by atoms with Crippen molar-refractivity contribution >= 4 is 0 Å². The number of nitriles is 1. The average molecular weight is 238 g/mol. The molecule has 0 saturated heterocycles. The van der Waals surface area contributed by atoms with Gasteiger partial charge < -0.3 is 4.90 Å². The van der Waals surface area contributed by atoms with Gasteiger partial charge in [-0.05, 0) is 18.3 Å². The number of hydrogen-bond donors (Lipinski definition) is 0. The summed E-state index contributed by atoms with van der Waals surface area (Å²) in [5.41, 5.74) is 0. The largest absolute Gasteiger partial charge is 0.302 e. The Bertz CT molecular complexity index is 205. The molecule has 2 nitrogen and oxygen atoms in total. The van der Waals surface area contributed by atoms with E-state index in [1.54, 1.807) is 0 Å². The second kappa shape index (κ2) is 10.6. The van der Waals surface area contributed by atoms with Crippen LogP contribution in [0.3, 0.4) is 0 Å². The van der Waals surface area contributed by atoms with Gasteiger partial charge >= 0.3 is 0 Å². The van der Waals surface area contributed by atoms with Crippen molar-refractivity contribution in [1.82, 2.24) is 4.90 Å². The first-order valence-electron chi connectivity index (χ1n) is 7.23. The first-order chi connectivity index (χ1) is 8.13. The van der Waals surface area contributed by atoms with Crippen molar-refractivity contribution in [3.05, 3.63) is 0 Å². The van der Waals surface area contributed by atoms with Crippen molar-refractivity contribution in [2.75, 3.05) is 19.6 Å². The molecule has 0 aliphatic rings. The van der Waals surface area contributed by atoms with Crippen molar-refractivity contribution < 1.29 is 0 Å². The summed E-state index contributed by atoms with van der Waals surface area (Å²) in [6, 6.07) is 2.26. The summed E-state index contributed by atoms with van der Waals surface area (Å²) in [7, 11) is 0. The molecule has 100 valence electrons. The highest BCUT2D eigenvalue weighted by molar-refractivity contribution is 4.74. The molecule has 0 spiro atoms. The van der Waals surface area contributed by atoms with E-state index in [0.717, 1.165) is 19.0 Å². The smallest absolute Gasteiger partial charge is 0.0635 e. The zero-order chi connectivity index (χ0) is 13.1. The third kappa shape index (κ3) is 9.18. The molecule has 0 saturated carbocycles. The van der Waals surface area contributed by atoms with Gasteiger partial charge in [0.25, 0.3) is 0 Å². The topological polar surface area (TPSA) is 27.0 Å². The fourth-order valence-corrected chi connectivity index (χ4v) is 2.26. The standard InChI is InChI=1S/C15H30N2/c1-5-7-9-15(6-2)13-17(11-8-10-16)12-14(3)4/h14-15H,5-9,11-13H2,1-4H3. The maximum atomic E-state index is 8.71. The normalized spacial score (nSPS) is 13.0. The number of nitrogens with zero attached hydrogens (tertiary/aromatic N) is 2. The van der Waals surface area contributed by atoms with E-state index in [2.05, 4.69) is 38.7 Å². The van der Waals surface area contributed by atoms with E-state index in [1.807, 2.05) is 0 Å². The van der Waals surface area contributed by atoms with Gasteiger partial charge in [-0.2, -0.15) is 5.26 Å². The van der Waals surface area contributed by atoms with Gasteiger partial charge in [0.05, 0.1) is 6.07 Å². The molecule has 0 aromatic rings. The minimum Gasteiger partial charge on any atom is -0.302 e. The summed E-state index contributed by atoms with van der Waals surface area (Å²) in [6.07, 6.45) is 5.90. The lowest BCUT2D eigenvalue weighted by molar-refractivity contribution is 0.202. The quantitative estimate of drug-likeness (QED) is 0.573. The van der Waals surface area contributed by atoms with Crippen LogP contribution < -0.4 is 0 Å². The van der Waals surface area contributed by atoms with Gasteiger partial charge in [-0.3, -0.25) is 0 Å². The summed E-state index contributed by atoms with van der Waals surface area (Å²) in [5, 5.41) is 8.71. The Labute approximate surface area is 108 Å². The summed E-state index contributed by atoms with van der Waals surface area (Å²) in [5.74, 6) is 1.50. The van der Waals surface area contributed by atoms with E-state index >= 15 is 0 Å². The fraction of sp³-hybridized carbons (Fsp3) is 0.933. The van der Waals surface area contributed by atoms with Gasteiger partial charge in [-0.25, -0.2) is 0 Å². The average Bonchev–Trinajstić information content (AvgIpc) is 2.30. The fourth-order valence-electron chi connectivity index (χ4n) is 2.26. The third-order valence-corrected chi connectivity index (χ3v) is 3.22. The monoisotopic (exact) mass is 238 g/mol. The molecule has 0 heterocycles. The Balaban J connectivity index is 4.12. The molecule has 0 amide bonds. The predicted molar refractivity (Wildman–Crippen MR) is 74.8 cm³/mol. The van der Waals surface area contributed by atoms with Crippen LogP contribution in [-0.4, -0.2) is 24.5 Å². The zero-order valence-electron chi connectivity index (χ0n) is 12.2. The Morgan fingerprint density at radius 2 is 1.88 bits per heavy atom. The van der Waals surface area contributed by atoms with Crippen molar-refractivity contribution in [3.63, 3.8) is 0 Å². The van der Waals surface area contributed by atoms with Crippen molar-refractivity contribution in [2.24, 2.45) is 11.8 Å².